The average molecular weight is 392 g/mol. The maximum Gasteiger partial charge on any atom is 0.302 e. The Hall–Kier alpha value is -2.41. The highest BCUT2D eigenvalue weighted by atomic mass is 19.3. The Bertz CT molecular complexity index is 897. The van der Waals surface area contributed by atoms with Gasteiger partial charge in [0.1, 0.15) is 23.6 Å². The van der Waals surface area contributed by atoms with Gasteiger partial charge < -0.3 is 10.1 Å². The number of ether oxygens (including phenoxy) is 1. The molecule has 1 N–H and O–H groups in total. The van der Waals surface area contributed by atoms with Gasteiger partial charge in [-0.05, 0) is 63.4 Å². The lowest BCUT2D eigenvalue weighted by Crippen LogP contribution is -2.62. The molecule has 28 heavy (non-hydrogen) atoms. The maximum atomic E-state index is 15.4. The molecule has 2 aromatic rings. The second-order valence-corrected chi connectivity index (χ2v) is 7.85. The molecule has 3 rings (SSSR count). The van der Waals surface area contributed by atoms with Crippen molar-refractivity contribution in [2.24, 2.45) is 0 Å². The number of nitrogens with one attached hydrogen (secondary N) is 1. The van der Waals surface area contributed by atoms with E-state index >= 15 is 8.78 Å². The lowest BCUT2D eigenvalue weighted by atomic mass is 9.77. The number of halogens is 3. The van der Waals surface area contributed by atoms with E-state index in [1.165, 1.54) is 19.9 Å². The van der Waals surface area contributed by atoms with Crippen LogP contribution in [-0.2, 0) is 21.5 Å². The van der Waals surface area contributed by atoms with Crippen LogP contribution in [0.5, 0.6) is 0 Å². The zero-order valence-electron chi connectivity index (χ0n) is 16.3. The van der Waals surface area contributed by atoms with Crippen LogP contribution >= 0.6 is 0 Å². The second-order valence-electron chi connectivity index (χ2n) is 7.85. The van der Waals surface area contributed by atoms with E-state index < -0.39 is 35.4 Å². The van der Waals surface area contributed by atoms with Gasteiger partial charge in [-0.3, -0.25) is 9.78 Å². The molecule has 0 saturated carbocycles. The van der Waals surface area contributed by atoms with Crippen LogP contribution in [-0.4, -0.2) is 29.0 Å². The summed E-state index contributed by atoms with van der Waals surface area (Å²) in [6.07, 6.45) is 2.09. The van der Waals surface area contributed by atoms with E-state index in [-0.39, 0.29) is 5.56 Å². The summed E-state index contributed by atoms with van der Waals surface area (Å²) in [4.78, 5) is 16.3. The van der Waals surface area contributed by atoms with Gasteiger partial charge in [0.25, 0.3) is 0 Å². The van der Waals surface area contributed by atoms with E-state index in [1.807, 2.05) is 19.1 Å². The number of aryl methyl sites for hydroxylation is 1. The Morgan fingerprint density at radius 2 is 1.82 bits per heavy atom. The van der Waals surface area contributed by atoms with Crippen LogP contribution in [0, 0.1) is 12.7 Å². The molecule has 1 aromatic carbocycles. The maximum absolute atomic E-state index is 15.4. The molecule has 7 heteroatoms. The molecule has 0 radical (unpaired) electrons. The second kappa shape index (κ2) is 6.88. The number of carbonyl (C=O) groups is 1. The zero-order valence-corrected chi connectivity index (χ0v) is 16.3. The highest BCUT2D eigenvalue weighted by Crippen LogP contribution is 2.48. The molecular weight excluding hydrogens is 369 g/mol. The molecule has 1 atom stereocenters. The molecule has 1 aliphatic rings. The molecule has 1 fully saturated rings. The summed E-state index contributed by atoms with van der Waals surface area (Å²) in [6.45, 7) is 4.88. The van der Waals surface area contributed by atoms with Gasteiger partial charge in [-0.2, -0.15) is 0 Å². The van der Waals surface area contributed by atoms with Crippen LogP contribution in [0.25, 0.3) is 0 Å². The van der Waals surface area contributed by atoms with Gasteiger partial charge in [0, 0.05) is 17.5 Å². The van der Waals surface area contributed by atoms with Crippen molar-refractivity contribution >= 4 is 5.91 Å². The predicted octanol–water partition coefficient (Wildman–Crippen LogP) is 3.90. The fourth-order valence-electron chi connectivity index (χ4n) is 3.47. The fraction of sp³-hybridized carbons (Fsp3) is 0.429. The number of pyridine rings is 1. The van der Waals surface area contributed by atoms with E-state index in [4.69, 9.17) is 4.74 Å². The Morgan fingerprint density at radius 1 is 1.14 bits per heavy atom. The molecule has 0 unspecified atom stereocenters. The number of carbonyl (C=O) groups excluding carboxylic acids is 1. The van der Waals surface area contributed by atoms with Crippen molar-refractivity contribution in [1.82, 2.24) is 10.3 Å². The minimum absolute atomic E-state index is 0.276. The van der Waals surface area contributed by atoms with E-state index in [9.17, 15) is 9.18 Å². The molecule has 0 aliphatic carbocycles. The Labute approximate surface area is 162 Å². The van der Waals surface area contributed by atoms with Crippen LogP contribution < -0.4 is 5.32 Å². The predicted molar refractivity (Wildman–Crippen MR) is 98.7 cm³/mol. The monoisotopic (exact) mass is 392 g/mol. The first-order chi connectivity index (χ1) is 13.0. The third-order valence-electron chi connectivity index (χ3n) is 5.29. The van der Waals surface area contributed by atoms with Gasteiger partial charge in [0.2, 0.25) is 5.91 Å². The Morgan fingerprint density at radius 3 is 2.46 bits per heavy atom. The van der Waals surface area contributed by atoms with Crippen molar-refractivity contribution in [1.29, 1.82) is 0 Å². The molecule has 1 aliphatic heterocycles. The minimum Gasteiger partial charge on any atom is -0.359 e. The smallest absolute Gasteiger partial charge is 0.302 e. The van der Waals surface area contributed by atoms with E-state index in [0.717, 1.165) is 24.2 Å². The summed E-state index contributed by atoms with van der Waals surface area (Å²) in [5.74, 6) is -5.11. The number of rotatable bonds is 3. The van der Waals surface area contributed by atoms with Gasteiger partial charge in [0.05, 0.1) is 0 Å². The van der Waals surface area contributed by atoms with Gasteiger partial charge >= 0.3 is 5.92 Å². The van der Waals surface area contributed by atoms with Crippen molar-refractivity contribution in [3.63, 3.8) is 0 Å². The molecule has 1 amide bonds. The van der Waals surface area contributed by atoms with Gasteiger partial charge in [-0.25, -0.2) is 13.2 Å². The minimum atomic E-state index is -3.57. The topological polar surface area (TPSA) is 51.2 Å². The number of hydrogen-bond donors (Lipinski definition) is 1. The van der Waals surface area contributed by atoms with E-state index in [0.29, 0.717) is 12.0 Å². The van der Waals surface area contributed by atoms with Crippen molar-refractivity contribution in [2.45, 2.75) is 51.2 Å². The summed E-state index contributed by atoms with van der Waals surface area (Å²) >= 11 is 0. The summed E-state index contributed by atoms with van der Waals surface area (Å²) in [5, 5.41) is 2.29. The number of alkyl halides is 2. The summed E-state index contributed by atoms with van der Waals surface area (Å²) in [6, 6.07) is 7.80. The summed E-state index contributed by atoms with van der Waals surface area (Å²) in [5.41, 5.74) is -2.15. The molecule has 0 bridgehead atoms. The third-order valence-corrected chi connectivity index (χ3v) is 5.29. The summed E-state index contributed by atoms with van der Waals surface area (Å²) in [7, 11) is 0. The number of hydrogen-bond acceptors (Lipinski definition) is 3. The Balaban J connectivity index is 2.07. The lowest BCUT2D eigenvalue weighted by Gasteiger charge is -2.43. The number of benzene rings is 1. The van der Waals surface area contributed by atoms with Gasteiger partial charge in [-0.1, -0.05) is 12.1 Å². The molecular formula is C21H23F3N2O2. The van der Waals surface area contributed by atoms with E-state index in [2.05, 4.69) is 10.3 Å². The highest BCUT2D eigenvalue weighted by molar-refractivity contribution is 5.79. The number of aromatic nitrogens is 1. The van der Waals surface area contributed by atoms with Crippen molar-refractivity contribution in [3.05, 3.63) is 64.7 Å². The van der Waals surface area contributed by atoms with Crippen LogP contribution in [0.3, 0.4) is 0 Å². The van der Waals surface area contributed by atoms with Crippen LogP contribution in [0.2, 0.25) is 0 Å². The Kier molecular flexibility index (Phi) is 5.00. The average Bonchev–Trinajstić information content (AvgIpc) is 2.68. The van der Waals surface area contributed by atoms with E-state index in [1.54, 1.807) is 12.3 Å². The number of nitrogens with zero attached hydrogens (tertiary/aromatic N) is 1. The van der Waals surface area contributed by atoms with Crippen molar-refractivity contribution in [2.75, 3.05) is 6.61 Å². The first-order valence-corrected chi connectivity index (χ1v) is 8.99. The molecule has 4 nitrogen and oxygen atoms in total. The van der Waals surface area contributed by atoms with Crippen molar-refractivity contribution < 1.29 is 22.7 Å². The third kappa shape index (κ3) is 3.39. The molecule has 1 aromatic heterocycles. The quantitative estimate of drug-likeness (QED) is 0.862. The first-order valence-electron chi connectivity index (χ1n) is 8.99. The zero-order chi connectivity index (χ0) is 20.7. The van der Waals surface area contributed by atoms with Crippen molar-refractivity contribution in [3.8, 4) is 0 Å². The highest BCUT2D eigenvalue weighted by Gasteiger charge is 2.64. The standard InChI is InChI=1S/C21H23F3N2O2/c1-13-5-6-15(11-25-13)9-14-7-8-17(22)16(10-14)20(4)21(23,24)19(2,3)28-12-18(27)26-20/h5-8,10-11H,9,12H2,1-4H3,(H,26,27)/t20-/m1/s1. The van der Waals surface area contributed by atoms with Crippen LogP contribution in [0.4, 0.5) is 13.2 Å². The van der Waals surface area contributed by atoms with Crippen LogP contribution in [0.1, 0.15) is 43.2 Å². The normalized spacial score (nSPS) is 23.8. The van der Waals surface area contributed by atoms with Gasteiger partial charge in [-0.15, -0.1) is 0 Å². The summed E-state index contributed by atoms with van der Waals surface area (Å²) < 4.78 is 50.7. The fourth-order valence-corrected chi connectivity index (χ4v) is 3.47. The van der Waals surface area contributed by atoms with Gasteiger partial charge in [0.15, 0.2) is 0 Å². The molecule has 1 saturated heterocycles. The van der Waals surface area contributed by atoms with Crippen LogP contribution in [0.15, 0.2) is 36.5 Å². The molecule has 0 spiro atoms. The SMILES string of the molecule is Cc1ccc(Cc2ccc(F)c([C@@]3(C)NC(=O)COC(C)(C)C3(F)F)c2)cn1. The largest absolute Gasteiger partial charge is 0.359 e. The first kappa shape index (κ1) is 20.3. The molecule has 150 valence electrons. The lowest BCUT2D eigenvalue weighted by molar-refractivity contribution is -0.216. The number of amides is 1. The molecule has 2 heterocycles.